The molecule has 0 heterocycles. The lowest BCUT2D eigenvalue weighted by molar-refractivity contribution is -0.131. The number of halogens is 2. The van der Waals surface area contributed by atoms with E-state index in [1.54, 1.807) is 0 Å². The van der Waals surface area contributed by atoms with Crippen LogP contribution in [0, 0.1) is 11.6 Å². The van der Waals surface area contributed by atoms with Gasteiger partial charge in [0.15, 0.2) is 0 Å². The topological polar surface area (TPSA) is 108 Å². The van der Waals surface area contributed by atoms with Crippen LogP contribution in [0.2, 0.25) is 0 Å². The first-order valence-electron chi connectivity index (χ1n) is 5.87. The number of rotatable bonds is 6. The second-order valence-corrected chi connectivity index (χ2v) is 3.98. The highest BCUT2D eigenvalue weighted by Crippen LogP contribution is 2.15. The van der Waals surface area contributed by atoms with Crippen molar-refractivity contribution >= 4 is 23.4 Å². The number of hydrogen-bond donors (Lipinski definition) is 4. The van der Waals surface area contributed by atoms with Crippen molar-refractivity contribution in [1.82, 2.24) is 10.8 Å². The summed E-state index contributed by atoms with van der Waals surface area (Å²) in [5.74, 6) is -3.73. The second kappa shape index (κ2) is 7.90. The quantitative estimate of drug-likeness (QED) is 0.448. The molecule has 0 spiro atoms. The minimum absolute atomic E-state index is 0.193. The molecule has 0 aliphatic rings. The lowest BCUT2D eigenvalue weighted by Crippen LogP contribution is -2.35. The zero-order valence-electron chi connectivity index (χ0n) is 10.8. The number of benzene rings is 1. The molecule has 4 N–H and O–H groups in total. The Kier molecular flexibility index (Phi) is 6.21. The van der Waals surface area contributed by atoms with Crippen LogP contribution in [0.5, 0.6) is 0 Å². The Balaban J connectivity index is 2.37. The maximum Gasteiger partial charge on any atom is 0.262 e. The first-order chi connectivity index (χ1) is 9.92. The number of hydrogen-bond acceptors (Lipinski definition) is 4. The Labute approximate surface area is 118 Å². The van der Waals surface area contributed by atoms with Gasteiger partial charge in [0.1, 0.15) is 11.6 Å². The average molecular weight is 301 g/mol. The summed E-state index contributed by atoms with van der Waals surface area (Å²) in [6, 6.07) is 2.67. The molecule has 0 saturated heterocycles. The molecule has 1 aromatic rings. The molecule has 114 valence electrons. The van der Waals surface area contributed by atoms with Crippen molar-refractivity contribution in [2.24, 2.45) is 0 Å². The molecule has 0 radical (unpaired) electrons. The minimum atomic E-state index is -0.924. The zero-order valence-corrected chi connectivity index (χ0v) is 10.8. The van der Waals surface area contributed by atoms with E-state index >= 15 is 0 Å². The predicted molar refractivity (Wildman–Crippen MR) is 67.2 cm³/mol. The second-order valence-electron chi connectivity index (χ2n) is 3.98. The van der Waals surface area contributed by atoms with Crippen LogP contribution in [-0.2, 0) is 14.4 Å². The summed E-state index contributed by atoms with van der Waals surface area (Å²) in [5, 5.41) is 12.5. The van der Waals surface area contributed by atoms with Crippen LogP contribution in [0.3, 0.4) is 0 Å². The molecule has 7 nitrogen and oxygen atoms in total. The molecule has 0 aliphatic carbocycles. The number of carbonyl (C=O) groups excluding carboxylic acids is 3. The summed E-state index contributed by atoms with van der Waals surface area (Å²) in [4.78, 5) is 33.4. The van der Waals surface area contributed by atoms with Gasteiger partial charge in [0.25, 0.3) is 5.91 Å². The van der Waals surface area contributed by atoms with Crippen molar-refractivity contribution in [3.8, 4) is 0 Å². The van der Waals surface area contributed by atoms with Gasteiger partial charge < -0.3 is 10.6 Å². The van der Waals surface area contributed by atoms with E-state index in [-0.39, 0.29) is 18.5 Å². The first kappa shape index (κ1) is 16.5. The smallest absolute Gasteiger partial charge is 0.262 e. The average Bonchev–Trinajstić information content (AvgIpc) is 2.45. The van der Waals surface area contributed by atoms with E-state index in [0.717, 1.165) is 12.1 Å². The Morgan fingerprint density at radius 2 is 1.71 bits per heavy atom. The molecule has 0 aliphatic heterocycles. The van der Waals surface area contributed by atoms with Crippen molar-refractivity contribution in [3.05, 3.63) is 29.8 Å². The predicted octanol–water partition coefficient (Wildman–Crippen LogP) is 0.305. The zero-order chi connectivity index (χ0) is 15.8. The number of carbonyl (C=O) groups is 3. The van der Waals surface area contributed by atoms with Crippen LogP contribution in [0.15, 0.2) is 18.2 Å². The van der Waals surface area contributed by atoms with Crippen LogP contribution >= 0.6 is 0 Å². The Morgan fingerprint density at radius 1 is 1.05 bits per heavy atom. The maximum atomic E-state index is 13.3. The standard InChI is InChI=1S/C12H13F2N3O4/c13-7-1-2-9(8(14)5-7)16-11(19)4-3-10(18)15-6-12(20)17-21/h1-2,5,21H,3-4,6H2,(H,15,18)(H,16,19)(H,17,20). The number of nitrogens with one attached hydrogen (secondary N) is 3. The highest BCUT2D eigenvalue weighted by Gasteiger charge is 2.11. The molecule has 0 bridgehead atoms. The van der Waals surface area contributed by atoms with E-state index < -0.39 is 35.9 Å². The third kappa shape index (κ3) is 5.95. The third-order valence-corrected chi connectivity index (χ3v) is 2.36. The van der Waals surface area contributed by atoms with Gasteiger partial charge in [0, 0.05) is 18.9 Å². The van der Waals surface area contributed by atoms with E-state index in [1.807, 2.05) is 0 Å². The maximum absolute atomic E-state index is 13.3. The van der Waals surface area contributed by atoms with Gasteiger partial charge in [-0.2, -0.15) is 0 Å². The monoisotopic (exact) mass is 301 g/mol. The molecule has 3 amide bonds. The van der Waals surface area contributed by atoms with E-state index in [1.165, 1.54) is 5.48 Å². The molecule has 0 unspecified atom stereocenters. The largest absolute Gasteiger partial charge is 0.347 e. The summed E-state index contributed by atoms with van der Waals surface area (Å²) in [6.45, 7) is -0.427. The van der Waals surface area contributed by atoms with Crippen LogP contribution in [0.4, 0.5) is 14.5 Å². The van der Waals surface area contributed by atoms with Gasteiger partial charge in [-0.15, -0.1) is 0 Å². The normalized spacial score (nSPS) is 9.86. The summed E-state index contributed by atoms with van der Waals surface area (Å²) in [6.07, 6.45) is -0.475. The molecule has 1 rings (SSSR count). The number of amides is 3. The van der Waals surface area contributed by atoms with Gasteiger partial charge in [-0.1, -0.05) is 0 Å². The Hall–Kier alpha value is -2.55. The summed E-state index contributed by atoms with van der Waals surface area (Å²) in [5.41, 5.74) is 1.13. The molecule has 21 heavy (non-hydrogen) atoms. The number of anilines is 1. The van der Waals surface area contributed by atoms with Crippen LogP contribution in [0.25, 0.3) is 0 Å². The van der Waals surface area contributed by atoms with Gasteiger partial charge >= 0.3 is 0 Å². The van der Waals surface area contributed by atoms with Crippen molar-refractivity contribution in [2.75, 3.05) is 11.9 Å². The summed E-state index contributed by atoms with van der Waals surface area (Å²) in [7, 11) is 0. The van der Waals surface area contributed by atoms with E-state index in [4.69, 9.17) is 5.21 Å². The molecular formula is C12H13F2N3O4. The van der Waals surface area contributed by atoms with Crippen LogP contribution in [0.1, 0.15) is 12.8 Å². The third-order valence-electron chi connectivity index (χ3n) is 2.36. The molecule has 0 saturated carbocycles. The van der Waals surface area contributed by atoms with Crippen LogP contribution in [-0.4, -0.2) is 29.5 Å². The molecule has 1 aromatic carbocycles. The number of hydroxylamine groups is 1. The van der Waals surface area contributed by atoms with Gasteiger partial charge in [0.05, 0.1) is 12.2 Å². The van der Waals surface area contributed by atoms with Gasteiger partial charge in [-0.25, -0.2) is 14.3 Å². The van der Waals surface area contributed by atoms with Crippen molar-refractivity contribution < 1.29 is 28.4 Å². The minimum Gasteiger partial charge on any atom is -0.347 e. The van der Waals surface area contributed by atoms with Gasteiger partial charge in [-0.05, 0) is 12.1 Å². The summed E-state index contributed by atoms with van der Waals surface area (Å²) >= 11 is 0. The SMILES string of the molecule is O=C(CNC(=O)CCC(=O)Nc1ccc(F)cc1F)NO. The van der Waals surface area contributed by atoms with Gasteiger partial charge in [0.2, 0.25) is 11.8 Å². The van der Waals surface area contributed by atoms with Crippen molar-refractivity contribution in [2.45, 2.75) is 12.8 Å². The van der Waals surface area contributed by atoms with E-state index in [9.17, 15) is 23.2 Å². The lowest BCUT2D eigenvalue weighted by Gasteiger charge is -2.07. The van der Waals surface area contributed by atoms with Crippen molar-refractivity contribution in [1.29, 1.82) is 0 Å². The Morgan fingerprint density at radius 3 is 2.33 bits per heavy atom. The van der Waals surface area contributed by atoms with Crippen LogP contribution < -0.4 is 16.1 Å². The Bertz CT molecular complexity index is 551. The first-order valence-corrected chi connectivity index (χ1v) is 5.87. The van der Waals surface area contributed by atoms with E-state index in [0.29, 0.717) is 6.07 Å². The van der Waals surface area contributed by atoms with Crippen molar-refractivity contribution in [3.63, 3.8) is 0 Å². The molecule has 0 fully saturated rings. The highest BCUT2D eigenvalue weighted by molar-refractivity contribution is 5.93. The molecular weight excluding hydrogens is 288 g/mol. The van der Waals surface area contributed by atoms with E-state index in [2.05, 4.69) is 10.6 Å². The summed E-state index contributed by atoms with van der Waals surface area (Å²) < 4.78 is 25.9. The highest BCUT2D eigenvalue weighted by atomic mass is 19.1. The molecule has 0 atom stereocenters. The molecule has 9 heteroatoms. The lowest BCUT2D eigenvalue weighted by atomic mass is 10.2. The fraction of sp³-hybridized carbons (Fsp3) is 0.250. The fourth-order valence-corrected chi connectivity index (χ4v) is 1.34. The molecule has 0 aromatic heterocycles. The fourth-order valence-electron chi connectivity index (χ4n) is 1.34. The van der Waals surface area contributed by atoms with Gasteiger partial charge in [-0.3, -0.25) is 19.6 Å².